The van der Waals surface area contributed by atoms with Crippen LogP contribution >= 0.6 is 0 Å². The van der Waals surface area contributed by atoms with Crippen LogP contribution in [0.4, 0.5) is 0 Å². The molecule has 0 amide bonds. The number of nitrogens with zero attached hydrogens (tertiary/aromatic N) is 1. The first-order valence-corrected chi connectivity index (χ1v) is 2.63. The molecule has 0 radical (unpaired) electrons. The number of piperidine rings is 1. The van der Waals surface area contributed by atoms with Crippen LogP contribution in [0.25, 0.3) is 5.32 Å². The normalized spacial score (nSPS) is 20.6. The zero-order valence-corrected chi connectivity index (χ0v) is 6.40. The summed E-state index contributed by atoms with van der Waals surface area (Å²) in [6.45, 7) is 2.25. The Morgan fingerprint density at radius 2 is 1.43 bits per heavy atom. The minimum Gasteiger partial charge on any atom is -0.662 e. The summed E-state index contributed by atoms with van der Waals surface area (Å²) in [6, 6.07) is 0. The zero-order valence-electron chi connectivity index (χ0n) is 4.39. The Morgan fingerprint density at radius 1 is 0.857 bits per heavy atom. The maximum Gasteiger partial charge on any atom is 0 e. The van der Waals surface area contributed by atoms with Crippen molar-refractivity contribution in [3.8, 4) is 0 Å². The van der Waals surface area contributed by atoms with E-state index in [9.17, 15) is 0 Å². The summed E-state index contributed by atoms with van der Waals surface area (Å²) >= 11 is 0. The van der Waals surface area contributed by atoms with Gasteiger partial charge in [0.15, 0.2) is 0 Å². The van der Waals surface area contributed by atoms with Crippen LogP contribution in [0.5, 0.6) is 0 Å². The Bertz CT molecular complexity index is 23.6. The summed E-state index contributed by atoms with van der Waals surface area (Å²) in [5, 5.41) is 4.18. The van der Waals surface area contributed by atoms with Gasteiger partial charge in [0.25, 0.3) is 0 Å². The molecule has 0 atom stereocenters. The monoisotopic (exact) mass is 182 g/mol. The van der Waals surface area contributed by atoms with Crippen LogP contribution in [0.15, 0.2) is 0 Å². The summed E-state index contributed by atoms with van der Waals surface area (Å²) in [5.41, 5.74) is 0. The first-order chi connectivity index (χ1) is 3.00. The summed E-state index contributed by atoms with van der Waals surface area (Å²) in [4.78, 5) is 0. The molecular weight excluding hydrogens is 170 g/mol. The van der Waals surface area contributed by atoms with Gasteiger partial charge in [-0.2, -0.15) is 0 Å². The molecule has 0 aromatic carbocycles. The van der Waals surface area contributed by atoms with Crippen LogP contribution in [0.1, 0.15) is 19.3 Å². The molecule has 1 fully saturated rings. The molecule has 2 heteroatoms. The predicted molar refractivity (Wildman–Crippen MR) is 26.9 cm³/mol. The van der Waals surface area contributed by atoms with Gasteiger partial charge in [-0.15, -0.1) is 13.1 Å². The fourth-order valence-electron chi connectivity index (χ4n) is 0.736. The van der Waals surface area contributed by atoms with E-state index in [0.717, 1.165) is 13.1 Å². The van der Waals surface area contributed by atoms with Crippen LogP contribution in [-0.4, -0.2) is 13.1 Å². The summed E-state index contributed by atoms with van der Waals surface area (Å²) in [5.74, 6) is 0. The standard InChI is InChI=1S/C5H10N.Mo/c1-2-4-6-5-3-1;/h1-5H2;/q-1;. The van der Waals surface area contributed by atoms with E-state index in [1.807, 2.05) is 0 Å². The number of hydrogen-bond donors (Lipinski definition) is 0. The molecule has 1 aliphatic rings. The zero-order chi connectivity index (χ0) is 4.24. The SMILES string of the molecule is C1CC[N-]CC1.[Mo]. The van der Waals surface area contributed by atoms with Crippen molar-refractivity contribution < 1.29 is 21.1 Å². The first kappa shape index (κ1) is 7.65. The van der Waals surface area contributed by atoms with Gasteiger partial charge in [0.05, 0.1) is 0 Å². The Hall–Kier alpha value is 0.648. The molecule has 0 aromatic rings. The van der Waals surface area contributed by atoms with Crippen LogP contribution in [0.3, 0.4) is 0 Å². The maximum absolute atomic E-state index is 4.18. The van der Waals surface area contributed by atoms with E-state index in [4.69, 9.17) is 0 Å². The fourth-order valence-corrected chi connectivity index (χ4v) is 0.736. The van der Waals surface area contributed by atoms with E-state index in [1.54, 1.807) is 0 Å². The molecule has 0 N–H and O–H groups in total. The molecule has 1 heterocycles. The van der Waals surface area contributed by atoms with Crippen molar-refractivity contribution in [3.05, 3.63) is 5.32 Å². The van der Waals surface area contributed by atoms with E-state index in [1.165, 1.54) is 19.3 Å². The third-order valence-electron chi connectivity index (χ3n) is 1.13. The van der Waals surface area contributed by atoms with Gasteiger partial charge < -0.3 is 5.32 Å². The van der Waals surface area contributed by atoms with E-state index in [0.29, 0.717) is 0 Å². The van der Waals surface area contributed by atoms with E-state index in [2.05, 4.69) is 5.32 Å². The van der Waals surface area contributed by atoms with Gasteiger partial charge in [-0.25, -0.2) is 0 Å². The van der Waals surface area contributed by atoms with Gasteiger partial charge in [0, 0.05) is 21.1 Å². The van der Waals surface area contributed by atoms with Gasteiger partial charge >= 0.3 is 0 Å². The van der Waals surface area contributed by atoms with E-state index in [-0.39, 0.29) is 21.1 Å². The average molecular weight is 180 g/mol. The molecule has 1 saturated heterocycles. The quantitative estimate of drug-likeness (QED) is 0.502. The van der Waals surface area contributed by atoms with E-state index < -0.39 is 0 Å². The molecule has 1 rings (SSSR count). The molecule has 0 saturated carbocycles. The van der Waals surface area contributed by atoms with Crippen LogP contribution < -0.4 is 0 Å². The second kappa shape index (κ2) is 4.80. The molecule has 0 spiro atoms. The Kier molecular flexibility index (Phi) is 5.24. The van der Waals surface area contributed by atoms with Crippen LogP contribution in [0, 0.1) is 0 Å². The van der Waals surface area contributed by atoms with Crippen molar-refractivity contribution in [1.29, 1.82) is 0 Å². The summed E-state index contributed by atoms with van der Waals surface area (Å²) in [6.07, 6.45) is 4.07. The number of hydrogen-bond acceptors (Lipinski definition) is 0. The molecule has 7 heavy (non-hydrogen) atoms. The molecule has 0 bridgehead atoms. The van der Waals surface area contributed by atoms with E-state index >= 15 is 0 Å². The average Bonchev–Trinajstić information content (AvgIpc) is 1.72. The summed E-state index contributed by atoms with van der Waals surface area (Å²) in [7, 11) is 0. The van der Waals surface area contributed by atoms with Gasteiger partial charge in [-0.05, 0) is 0 Å². The van der Waals surface area contributed by atoms with Crippen molar-refractivity contribution >= 4 is 0 Å². The van der Waals surface area contributed by atoms with Gasteiger partial charge in [-0.1, -0.05) is 19.3 Å². The van der Waals surface area contributed by atoms with Gasteiger partial charge in [0.2, 0.25) is 0 Å². The molecule has 0 aromatic heterocycles. The Labute approximate surface area is 59.1 Å². The third-order valence-corrected chi connectivity index (χ3v) is 1.13. The number of rotatable bonds is 0. The first-order valence-electron chi connectivity index (χ1n) is 2.63. The smallest absolute Gasteiger partial charge is 0 e. The van der Waals surface area contributed by atoms with Crippen molar-refractivity contribution in [2.45, 2.75) is 19.3 Å². The second-order valence-corrected chi connectivity index (χ2v) is 1.73. The minimum atomic E-state index is 0. The Balaban J connectivity index is 0.000000360. The van der Waals surface area contributed by atoms with Crippen LogP contribution in [-0.2, 0) is 21.1 Å². The minimum absolute atomic E-state index is 0. The van der Waals surface area contributed by atoms with Gasteiger partial charge in [0.1, 0.15) is 0 Å². The molecule has 0 unspecified atom stereocenters. The topological polar surface area (TPSA) is 14.1 Å². The molecule has 42 valence electrons. The summed E-state index contributed by atoms with van der Waals surface area (Å²) < 4.78 is 0. The maximum atomic E-state index is 4.18. The molecule has 1 aliphatic heterocycles. The fraction of sp³-hybridized carbons (Fsp3) is 1.00. The molecular formula is C5H10MoN-. The molecule has 0 aliphatic carbocycles. The van der Waals surface area contributed by atoms with Crippen molar-refractivity contribution in [2.24, 2.45) is 0 Å². The Morgan fingerprint density at radius 3 is 1.57 bits per heavy atom. The second-order valence-electron chi connectivity index (χ2n) is 1.73. The van der Waals surface area contributed by atoms with Crippen molar-refractivity contribution in [3.63, 3.8) is 0 Å². The van der Waals surface area contributed by atoms with Gasteiger partial charge in [-0.3, -0.25) is 0 Å². The third kappa shape index (κ3) is 3.25. The van der Waals surface area contributed by atoms with Crippen LogP contribution in [0.2, 0.25) is 0 Å². The largest absolute Gasteiger partial charge is 0.662 e. The predicted octanol–water partition coefficient (Wildman–Crippen LogP) is 1.54. The molecule has 1 nitrogen and oxygen atoms in total. The van der Waals surface area contributed by atoms with Crippen molar-refractivity contribution in [2.75, 3.05) is 13.1 Å². The van der Waals surface area contributed by atoms with Crippen molar-refractivity contribution in [1.82, 2.24) is 0 Å².